The number of anilines is 1. The first kappa shape index (κ1) is 12.9. The molecule has 1 amide bonds. The van der Waals surface area contributed by atoms with Crippen LogP contribution in [0.2, 0.25) is 0 Å². The predicted molar refractivity (Wildman–Crippen MR) is 71.1 cm³/mol. The zero-order valence-corrected chi connectivity index (χ0v) is 12.2. The molecule has 0 aromatic carbocycles. The van der Waals surface area contributed by atoms with E-state index in [1.165, 1.54) is 0 Å². The Morgan fingerprint density at radius 3 is 2.53 bits per heavy atom. The van der Waals surface area contributed by atoms with Crippen molar-refractivity contribution in [3.63, 3.8) is 0 Å². The topological polar surface area (TPSA) is 44.9 Å². The second-order valence-electron chi connectivity index (χ2n) is 2.64. The molecule has 6 heteroatoms. The Kier molecular flexibility index (Phi) is 4.08. The molecule has 0 radical (unpaired) electrons. The Morgan fingerprint density at radius 1 is 1.33 bits per heavy atom. The Balaban J connectivity index is 0.000000531. The number of H-pyrrole nitrogens is 1. The summed E-state index contributed by atoms with van der Waals surface area (Å²) in [5.41, 5.74) is 0.811. The van der Waals surface area contributed by atoms with Crippen LogP contribution >= 0.6 is 44.1 Å². The minimum atomic E-state index is -0.825. The molecule has 15 heavy (non-hydrogen) atoms. The van der Waals surface area contributed by atoms with E-state index in [1.807, 2.05) is 13.8 Å². The van der Waals surface area contributed by atoms with Crippen LogP contribution in [0, 0.1) is 4.64 Å². The average molecular weight is 354 g/mol. The number of pyridine rings is 1. The molecule has 2 heterocycles. The monoisotopic (exact) mass is 352 g/mol. The van der Waals surface area contributed by atoms with Gasteiger partial charge in [-0.2, -0.15) is 0 Å². The maximum Gasteiger partial charge on any atom is 0.257 e. The van der Waals surface area contributed by atoms with Gasteiger partial charge in [-0.05, 0) is 12.1 Å². The molecule has 0 spiro atoms. The summed E-state index contributed by atoms with van der Waals surface area (Å²) >= 11 is 11.5. The normalized spacial score (nSPS) is 16.1. The van der Waals surface area contributed by atoms with Crippen LogP contribution in [0.5, 0.6) is 0 Å². The quantitative estimate of drug-likeness (QED) is 0.552. The fraction of sp³-hybridized carbons (Fsp3) is 0.333. The van der Waals surface area contributed by atoms with Crippen molar-refractivity contribution in [1.82, 2.24) is 4.98 Å². The van der Waals surface area contributed by atoms with E-state index < -0.39 is 3.23 Å². The zero-order chi connectivity index (χ0) is 11.6. The standard InChI is InChI=1S/C7H4Br2N2OS.C2H6/c8-7(9)3-1-2-4(13)10-5(3)11-6(7)12;1-2/h1-2H,(H2,10,11,12,13);1-2H3. The zero-order valence-electron chi connectivity index (χ0n) is 8.23. The Morgan fingerprint density at radius 2 is 1.93 bits per heavy atom. The third-order valence-electron chi connectivity index (χ3n) is 1.78. The molecule has 0 saturated carbocycles. The molecule has 2 N–H and O–H groups in total. The van der Waals surface area contributed by atoms with Crippen LogP contribution in [0.3, 0.4) is 0 Å². The lowest BCUT2D eigenvalue weighted by atomic mass is 10.2. The molecule has 3 nitrogen and oxygen atoms in total. The molecular weight excluding hydrogens is 344 g/mol. The fourth-order valence-electron chi connectivity index (χ4n) is 1.15. The van der Waals surface area contributed by atoms with Gasteiger partial charge in [0.25, 0.3) is 5.91 Å². The van der Waals surface area contributed by atoms with Crippen molar-refractivity contribution in [2.75, 3.05) is 5.32 Å². The molecule has 0 bridgehead atoms. The number of nitrogens with one attached hydrogen (secondary N) is 2. The number of aromatic amines is 1. The molecule has 2 rings (SSSR count). The molecule has 82 valence electrons. The Labute approximate surface area is 110 Å². The summed E-state index contributed by atoms with van der Waals surface area (Å²) in [5, 5.41) is 2.67. The lowest BCUT2D eigenvalue weighted by molar-refractivity contribution is -0.115. The smallest absolute Gasteiger partial charge is 0.257 e. The van der Waals surface area contributed by atoms with Gasteiger partial charge in [-0.25, -0.2) is 0 Å². The summed E-state index contributed by atoms with van der Waals surface area (Å²) in [6.45, 7) is 4.00. The van der Waals surface area contributed by atoms with Crippen molar-refractivity contribution in [3.8, 4) is 0 Å². The number of rotatable bonds is 0. The first-order valence-corrected chi connectivity index (χ1v) is 6.44. The van der Waals surface area contributed by atoms with Gasteiger partial charge in [0, 0.05) is 5.56 Å². The van der Waals surface area contributed by atoms with Crippen LogP contribution in [0.15, 0.2) is 12.1 Å². The van der Waals surface area contributed by atoms with E-state index >= 15 is 0 Å². The largest absolute Gasteiger partial charge is 0.333 e. The van der Waals surface area contributed by atoms with Gasteiger partial charge in [0.2, 0.25) is 0 Å². The predicted octanol–water partition coefficient (Wildman–Crippen LogP) is 3.67. The van der Waals surface area contributed by atoms with E-state index in [9.17, 15) is 4.79 Å². The van der Waals surface area contributed by atoms with Crippen molar-refractivity contribution in [2.45, 2.75) is 17.1 Å². The van der Waals surface area contributed by atoms with Gasteiger partial charge in [0.1, 0.15) is 10.5 Å². The highest BCUT2D eigenvalue weighted by Crippen LogP contribution is 2.46. The molecule has 0 saturated heterocycles. The number of aromatic nitrogens is 1. The second-order valence-corrected chi connectivity index (χ2v) is 6.52. The summed E-state index contributed by atoms with van der Waals surface area (Å²) < 4.78 is -0.230. The van der Waals surface area contributed by atoms with Crippen LogP contribution in [0.1, 0.15) is 19.4 Å². The van der Waals surface area contributed by atoms with E-state index in [0.717, 1.165) is 5.56 Å². The number of fused-ring (bicyclic) bond motifs is 1. The number of amides is 1. The summed E-state index contributed by atoms with van der Waals surface area (Å²) in [6, 6.07) is 3.54. The van der Waals surface area contributed by atoms with Gasteiger partial charge >= 0.3 is 0 Å². The van der Waals surface area contributed by atoms with E-state index in [4.69, 9.17) is 12.2 Å². The number of hydrogen-bond acceptors (Lipinski definition) is 2. The lowest BCUT2D eigenvalue weighted by Crippen LogP contribution is -2.20. The number of alkyl halides is 2. The highest BCUT2D eigenvalue weighted by molar-refractivity contribution is 9.25. The highest BCUT2D eigenvalue weighted by Gasteiger charge is 2.42. The number of halogens is 2. The summed E-state index contributed by atoms with van der Waals surface area (Å²) in [7, 11) is 0. The van der Waals surface area contributed by atoms with E-state index in [-0.39, 0.29) is 5.91 Å². The molecule has 0 atom stereocenters. The first-order valence-electron chi connectivity index (χ1n) is 4.45. The maximum atomic E-state index is 11.4. The van der Waals surface area contributed by atoms with Crippen molar-refractivity contribution >= 4 is 55.8 Å². The lowest BCUT2D eigenvalue weighted by Gasteiger charge is -2.08. The highest BCUT2D eigenvalue weighted by atomic mass is 79.9. The Bertz CT molecular complexity index is 442. The molecule has 0 fully saturated rings. The van der Waals surface area contributed by atoms with Gasteiger partial charge in [-0.15, -0.1) is 0 Å². The van der Waals surface area contributed by atoms with Crippen molar-refractivity contribution in [1.29, 1.82) is 0 Å². The molecule has 1 aliphatic heterocycles. The molecule has 1 aromatic heterocycles. The molecule has 1 aromatic rings. The van der Waals surface area contributed by atoms with Gasteiger partial charge in [-0.1, -0.05) is 57.9 Å². The third kappa shape index (κ3) is 2.32. The van der Waals surface area contributed by atoms with Crippen molar-refractivity contribution in [2.24, 2.45) is 0 Å². The SMILES string of the molecule is CC.O=C1Nc2[nH]c(=S)ccc2C1(Br)Br. The van der Waals surface area contributed by atoms with Crippen LogP contribution in [-0.2, 0) is 8.03 Å². The van der Waals surface area contributed by atoms with Crippen molar-refractivity contribution < 1.29 is 4.79 Å². The van der Waals surface area contributed by atoms with Crippen LogP contribution in [-0.4, -0.2) is 10.9 Å². The summed E-state index contributed by atoms with van der Waals surface area (Å²) in [4.78, 5) is 14.3. The molecule has 1 aliphatic rings. The van der Waals surface area contributed by atoms with Crippen LogP contribution in [0.25, 0.3) is 0 Å². The molecule has 0 aliphatic carbocycles. The minimum absolute atomic E-state index is 0.153. The summed E-state index contributed by atoms with van der Waals surface area (Å²) in [5.74, 6) is 0.491. The summed E-state index contributed by atoms with van der Waals surface area (Å²) in [6.07, 6.45) is 0. The number of carbonyl (C=O) groups is 1. The second kappa shape index (κ2) is 4.76. The molecule has 0 unspecified atom stereocenters. The van der Waals surface area contributed by atoms with Gasteiger partial charge in [0.05, 0.1) is 0 Å². The Hall–Kier alpha value is -0.200. The van der Waals surface area contributed by atoms with E-state index in [0.29, 0.717) is 10.5 Å². The fourth-order valence-corrected chi connectivity index (χ4v) is 2.18. The van der Waals surface area contributed by atoms with Gasteiger partial charge in [0.15, 0.2) is 3.23 Å². The average Bonchev–Trinajstić information content (AvgIpc) is 2.41. The van der Waals surface area contributed by atoms with Gasteiger partial charge < -0.3 is 10.3 Å². The first-order chi connectivity index (χ1) is 7.01. The van der Waals surface area contributed by atoms with E-state index in [1.54, 1.807) is 12.1 Å². The van der Waals surface area contributed by atoms with E-state index in [2.05, 4.69) is 42.2 Å². The van der Waals surface area contributed by atoms with Gasteiger partial charge in [-0.3, -0.25) is 4.79 Å². The van der Waals surface area contributed by atoms with Crippen molar-refractivity contribution in [3.05, 3.63) is 22.3 Å². The van der Waals surface area contributed by atoms with Crippen LogP contribution in [0.4, 0.5) is 5.82 Å². The number of carbonyl (C=O) groups excluding carboxylic acids is 1. The molecular formula is C9H10Br2N2OS. The minimum Gasteiger partial charge on any atom is -0.333 e. The van der Waals surface area contributed by atoms with Crippen LogP contribution < -0.4 is 5.32 Å². The third-order valence-corrected chi connectivity index (χ3v) is 3.59. The maximum absolute atomic E-state index is 11.4. The number of hydrogen-bond donors (Lipinski definition) is 2.